The van der Waals surface area contributed by atoms with Crippen LogP contribution < -0.4 is 0 Å². The Morgan fingerprint density at radius 3 is 1.50 bits per heavy atom. The monoisotopic (exact) mass is 114 g/mol. The summed E-state index contributed by atoms with van der Waals surface area (Å²) in [5.74, 6) is 0. The van der Waals surface area contributed by atoms with Crippen molar-refractivity contribution in [3.63, 3.8) is 0 Å². The molecular formula is CH5ClP2. The predicted molar refractivity (Wildman–Crippen MR) is 29.1 cm³/mol. The average Bonchev–Trinajstić information content (AvgIpc) is 0.811. The molecule has 0 N–H and O–H groups in total. The van der Waals surface area contributed by atoms with Gasteiger partial charge in [-0.3, -0.25) is 0 Å². The summed E-state index contributed by atoms with van der Waals surface area (Å²) in [4.78, 5) is 0.139. The summed E-state index contributed by atoms with van der Waals surface area (Å²) < 4.78 is 0. The molecule has 2 unspecified atom stereocenters. The van der Waals surface area contributed by atoms with E-state index in [0.717, 1.165) is 0 Å². The largest absolute Gasteiger partial charge is 0.114 e. The summed E-state index contributed by atoms with van der Waals surface area (Å²) in [7, 11) is 4.77. The topological polar surface area (TPSA) is 0 Å². The molecule has 0 heterocycles. The van der Waals surface area contributed by atoms with Crippen molar-refractivity contribution >= 4 is 30.1 Å². The number of rotatable bonds is 0. The number of hydrogen-bond donors (Lipinski definition) is 0. The van der Waals surface area contributed by atoms with Crippen LogP contribution in [0, 0.1) is 0 Å². The zero-order chi connectivity index (χ0) is 3.58. The molecule has 3 heteroatoms. The van der Waals surface area contributed by atoms with E-state index in [1.165, 1.54) is 0 Å². The Bertz CT molecular complexity index is 10.8. The SMILES string of the molecule is PC(P)Cl. The second-order valence-electron chi connectivity index (χ2n) is 0.444. The maximum atomic E-state index is 5.20. The van der Waals surface area contributed by atoms with Crippen molar-refractivity contribution in [1.29, 1.82) is 0 Å². The highest BCUT2D eigenvalue weighted by Crippen LogP contribution is 2.11. The second-order valence-corrected chi connectivity index (χ2v) is 4.00. The van der Waals surface area contributed by atoms with E-state index in [2.05, 4.69) is 18.5 Å². The minimum absolute atomic E-state index is 0.139. The third kappa shape index (κ3) is 11.0. The van der Waals surface area contributed by atoms with Gasteiger partial charge in [0, 0.05) is 0 Å². The molecule has 0 aliphatic rings. The van der Waals surface area contributed by atoms with Crippen molar-refractivity contribution in [1.82, 2.24) is 0 Å². The van der Waals surface area contributed by atoms with Crippen LogP contribution in [0.1, 0.15) is 0 Å². The Kier molecular flexibility index (Phi) is 3.08. The number of halogens is 1. The molecular weight excluding hydrogens is 109 g/mol. The molecule has 0 bridgehead atoms. The third-order valence-corrected chi connectivity index (χ3v) is 0. The van der Waals surface area contributed by atoms with Crippen LogP contribution in [-0.4, -0.2) is 4.86 Å². The molecule has 2 atom stereocenters. The molecule has 0 spiro atoms. The first-order chi connectivity index (χ1) is 1.73. The van der Waals surface area contributed by atoms with Gasteiger partial charge in [-0.2, -0.15) is 0 Å². The summed E-state index contributed by atoms with van der Waals surface area (Å²) in [5.41, 5.74) is 0. The van der Waals surface area contributed by atoms with E-state index in [-0.39, 0.29) is 4.86 Å². The molecule has 0 saturated carbocycles. The standard InChI is InChI=1S/CH5ClP2/c2-1(3)4/h1H,3-4H2. The zero-order valence-electron chi connectivity index (χ0n) is 2.11. The fourth-order valence-corrected chi connectivity index (χ4v) is 0. The van der Waals surface area contributed by atoms with Crippen LogP contribution in [0.15, 0.2) is 0 Å². The molecule has 26 valence electrons. The highest BCUT2D eigenvalue weighted by Gasteiger charge is 1.71. The first-order valence-electron chi connectivity index (χ1n) is 0.885. The van der Waals surface area contributed by atoms with E-state index in [0.29, 0.717) is 0 Å². The van der Waals surface area contributed by atoms with E-state index >= 15 is 0 Å². The van der Waals surface area contributed by atoms with Gasteiger partial charge in [-0.1, -0.05) is 0 Å². The van der Waals surface area contributed by atoms with Gasteiger partial charge in [-0.25, -0.2) is 0 Å². The van der Waals surface area contributed by atoms with Crippen molar-refractivity contribution in [3.05, 3.63) is 0 Å². The maximum absolute atomic E-state index is 5.20. The van der Waals surface area contributed by atoms with E-state index in [1.807, 2.05) is 0 Å². The van der Waals surface area contributed by atoms with Gasteiger partial charge in [0.15, 0.2) is 0 Å². The van der Waals surface area contributed by atoms with Crippen LogP contribution in [0.25, 0.3) is 0 Å². The lowest BCUT2D eigenvalue weighted by Gasteiger charge is -1.76. The summed E-state index contributed by atoms with van der Waals surface area (Å²) in [6, 6.07) is 0. The molecule has 0 aromatic heterocycles. The van der Waals surface area contributed by atoms with E-state index < -0.39 is 0 Å². The fraction of sp³-hybridized carbons (Fsp3) is 1.00. The van der Waals surface area contributed by atoms with E-state index in [1.54, 1.807) is 0 Å². The van der Waals surface area contributed by atoms with Crippen LogP contribution in [-0.2, 0) is 0 Å². The number of hydrogen-bond acceptors (Lipinski definition) is 0. The quantitative estimate of drug-likeness (QED) is 0.329. The first kappa shape index (κ1) is 5.15. The minimum Gasteiger partial charge on any atom is -0.114 e. The van der Waals surface area contributed by atoms with Crippen molar-refractivity contribution in [3.8, 4) is 0 Å². The minimum atomic E-state index is 0.139. The number of alkyl halides is 1. The average molecular weight is 114 g/mol. The Labute approximate surface area is 35.7 Å². The Morgan fingerprint density at radius 2 is 1.50 bits per heavy atom. The van der Waals surface area contributed by atoms with Gasteiger partial charge in [-0.05, 0) is 0 Å². The molecule has 0 aliphatic carbocycles. The van der Waals surface area contributed by atoms with Crippen molar-refractivity contribution in [2.24, 2.45) is 0 Å². The molecule has 0 saturated heterocycles. The van der Waals surface area contributed by atoms with Crippen LogP contribution in [0.3, 0.4) is 0 Å². The van der Waals surface area contributed by atoms with Crippen LogP contribution in [0.5, 0.6) is 0 Å². The normalized spacial score (nSPS) is 9.00. The van der Waals surface area contributed by atoms with Crippen LogP contribution in [0.4, 0.5) is 0 Å². The second kappa shape index (κ2) is 2.39. The molecule has 0 radical (unpaired) electrons. The molecule has 4 heavy (non-hydrogen) atoms. The van der Waals surface area contributed by atoms with Gasteiger partial charge >= 0.3 is 0 Å². The van der Waals surface area contributed by atoms with E-state index in [4.69, 9.17) is 11.6 Å². The summed E-state index contributed by atoms with van der Waals surface area (Å²) in [5, 5.41) is 0. The van der Waals surface area contributed by atoms with Gasteiger partial charge in [-0.15, -0.1) is 30.1 Å². The molecule has 0 amide bonds. The van der Waals surface area contributed by atoms with Gasteiger partial charge < -0.3 is 0 Å². The highest BCUT2D eigenvalue weighted by atomic mass is 35.5. The van der Waals surface area contributed by atoms with Crippen molar-refractivity contribution < 1.29 is 0 Å². The van der Waals surface area contributed by atoms with Crippen LogP contribution >= 0.6 is 30.1 Å². The van der Waals surface area contributed by atoms with Crippen molar-refractivity contribution in [2.45, 2.75) is 4.86 Å². The summed E-state index contributed by atoms with van der Waals surface area (Å²) in [6.45, 7) is 0. The zero-order valence-corrected chi connectivity index (χ0v) is 5.18. The molecule has 0 nitrogen and oxygen atoms in total. The third-order valence-electron chi connectivity index (χ3n) is 0. The Balaban J connectivity index is 2.32. The van der Waals surface area contributed by atoms with Gasteiger partial charge in [0.2, 0.25) is 0 Å². The molecule has 0 aromatic rings. The van der Waals surface area contributed by atoms with Crippen LogP contribution in [0.2, 0.25) is 0 Å². The van der Waals surface area contributed by atoms with E-state index in [9.17, 15) is 0 Å². The molecule has 0 aromatic carbocycles. The Hall–Kier alpha value is 1.15. The molecule has 0 rings (SSSR count). The van der Waals surface area contributed by atoms with Crippen molar-refractivity contribution in [2.75, 3.05) is 0 Å². The Morgan fingerprint density at radius 1 is 1.50 bits per heavy atom. The highest BCUT2D eigenvalue weighted by molar-refractivity contribution is 7.42. The lowest BCUT2D eigenvalue weighted by atomic mass is 11.9. The maximum Gasteiger partial charge on any atom is 0.0612 e. The first-order valence-corrected chi connectivity index (χ1v) is 2.65. The van der Waals surface area contributed by atoms with Gasteiger partial charge in [0.05, 0.1) is 4.86 Å². The smallest absolute Gasteiger partial charge is 0.0612 e. The van der Waals surface area contributed by atoms with Gasteiger partial charge in [0.25, 0.3) is 0 Å². The summed E-state index contributed by atoms with van der Waals surface area (Å²) >= 11 is 5.20. The fourth-order valence-electron chi connectivity index (χ4n) is 0. The lowest BCUT2D eigenvalue weighted by molar-refractivity contribution is 2.06. The predicted octanol–water partition coefficient (Wildman–Crippen LogP) is 1.26. The summed E-state index contributed by atoms with van der Waals surface area (Å²) in [6.07, 6.45) is 0. The van der Waals surface area contributed by atoms with Gasteiger partial charge in [0.1, 0.15) is 0 Å². The molecule has 0 aliphatic heterocycles. The molecule has 0 fully saturated rings. The lowest BCUT2D eigenvalue weighted by Crippen LogP contribution is -1.50.